The monoisotopic (exact) mass is 421 g/mol. The predicted octanol–water partition coefficient (Wildman–Crippen LogP) is 2.76. The molecule has 0 unspecified atom stereocenters. The summed E-state index contributed by atoms with van der Waals surface area (Å²) < 4.78 is 5.66. The van der Waals surface area contributed by atoms with E-state index in [1.807, 2.05) is 0 Å². The second-order valence-electron chi connectivity index (χ2n) is 8.80. The molecular formula is C20H37Cl2N3O2. The van der Waals surface area contributed by atoms with Crippen LogP contribution in [0.25, 0.3) is 0 Å². The minimum Gasteiger partial charge on any atom is -0.381 e. The van der Waals surface area contributed by atoms with Crippen molar-refractivity contribution < 1.29 is 9.53 Å². The minimum atomic E-state index is -0.132. The van der Waals surface area contributed by atoms with Gasteiger partial charge in [-0.3, -0.25) is 9.69 Å². The SMILES string of the molecule is Cl.Cl.O=C(NCC1(N2CCCCC2)CCOCC1)[C@@]12CCCC[C@H]1CNC2. The Kier molecular flexibility index (Phi) is 8.69. The fraction of sp³-hybridized carbons (Fsp3) is 0.950. The Morgan fingerprint density at radius 2 is 1.78 bits per heavy atom. The van der Waals surface area contributed by atoms with Crippen LogP contribution in [0.4, 0.5) is 0 Å². The highest BCUT2D eigenvalue weighted by molar-refractivity contribution is 5.85. The van der Waals surface area contributed by atoms with E-state index < -0.39 is 0 Å². The number of amides is 1. The van der Waals surface area contributed by atoms with Gasteiger partial charge >= 0.3 is 0 Å². The van der Waals surface area contributed by atoms with Gasteiger partial charge < -0.3 is 15.4 Å². The van der Waals surface area contributed by atoms with Crippen molar-refractivity contribution in [2.45, 2.75) is 63.3 Å². The molecule has 0 radical (unpaired) electrons. The van der Waals surface area contributed by atoms with Crippen LogP contribution in [0.1, 0.15) is 57.8 Å². The van der Waals surface area contributed by atoms with Crippen molar-refractivity contribution >= 4 is 30.7 Å². The van der Waals surface area contributed by atoms with Gasteiger partial charge in [-0.2, -0.15) is 0 Å². The van der Waals surface area contributed by atoms with Gasteiger partial charge in [0.1, 0.15) is 0 Å². The number of nitrogens with zero attached hydrogens (tertiary/aromatic N) is 1. The van der Waals surface area contributed by atoms with Crippen LogP contribution in [0.15, 0.2) is 0 Å². The Morgan fingerprint density at radius 1 is 1.04 bits per heavy atom. The van der Waals surface area contributed by atoms with Crippen LogP contribution < -0.4 is 10.6 Å². The number of rotatable bonds is 4. The first-order valence-corrected chi connectivity index (χ1v) is 10.6. The van der Waals surface area contributed by atoms with E-state index in [0.29, 0.717) is 11.8 Å². The van der Waals surface area contributed by atoms with E-state index in [-0.39, 0.29) is 35.8 Å². The minimum absolute atomic E-state index is 0. The van der Waals surface area contributed by atoms with Crippen molar-refractivity contribution in [2.75, 3.05) is 45.9 Å². The molecule has 2 atom stereocenters. The average molecular weight is 422 g/mol. The summed E-state index contributed by atoms with van der Waals surface area (Å²) in [5.74, 6) is 0.868. The molecule has 0 bridgehead atoms. The average Bonchev–Trinajstić information content (AvgIpc) is 3.13. The van der Waals surface area contributed by atoms with Gasteiger partial charge in [-0.15, -0.1) is 24.8 Å². The zero-order valence-corrected chi connectivity index (χ0v) is 18.1. The molecule has 4 aliphatic rings. The number of ether oxygens (including phenoxy) is 1. The van der Waals surface area contributed by atoms with Crippen molar-refractivity contribution in [1.82, 2.24) is 15.5 Å². The lowest BCUT2D eigenvalue weighted by atomic mass is 9.67. The molecule has 0 aromatic carbocycles. The zero-order valence-electron chi connectivity index (χ0n) is 16.5. The summed E-state index contributed by atoms with van der Waals surface area (Å²) >= 11 is 0. The second kappa shape index (κ2) is 10.1. The van der Waals surface area contributed by atoms with Gasteiger partial charge in [-0.05, 0) is 64.1 Å². The maximum Gasteiger partial charge on any atom is 0.227 e. The Labute approximate surface area is 176 Å². The van der Waals surface area contributed by atoms with E-state index >= 15 is 0 Å². The molecule has 1 aliphatic carbocycles. The summed E-state index contributed by atoms with van der Waals surface area (Å²) in [5.41, 5.74) is -0.00628. The van der Waals surface area contributed by atoms with E-state index in [9.17, 15) is 4.79 Å². The topological polar surface area (TPSA) is 53.6 Å². The fourth-order valence-corrected chi connectivity index (χ4v) is 5.84. The maximum atomic E-state index is 13.3. The molecule has 3 heterocycles. The molecule has 1 amide bonds. The summed E-state index contributed by atoms with van der Waals surface area (Å²) in [6, 6.07) is 0. The van der Waals surface area contributed by atoms with Crippen LogP contribution in [0.5, 0.6) is 0 Å². The molecule has 0 aromatic rings. The number of hydrogen-bond acceptors (Lipinski definition) is 4. The normalized spacial score (nSPS) is 33.3. The van der Waals surface area contributed by atoms with Crippen molar-refractivity contribution in [1.29, 1.82) is 0 Å². The van der Waals surface area contributed by atoms with E-state index in [1.54, 1.807) is 0 Å². The van der Waals surface area contributed by atoms with Crippen LogP contribution in [-0.4, -0.2) is 62.3 Å². The number of likely N-dealkylation sites (tertiary alicyclic amines) is 1. The molecular weight excluding hydrogens is 385 g/mol. The van der Waals surface area contributed by atoms with Gasteiger partial charge in [0.05, 0.1) is 5.41 Å². The standard InChI is InChI=1S/C20H35N3O2.2ClH/c24-18(20-7-3-2-6-17(20)14-21-16-20)22-15-19(8-12-25-13-9-19)23-10-4-1-5-11-23;;/h17,21H,1-16H2,(H,22,24);2*1H/t17-,20+;;/m0../s1. The van der Waals surface area contributed by atoms with Crippen molar-refractivity contribution in [3.05, 3.63) is 0 Å². The third kappa shape index (κ3) is 4.58. The molecule has 3 aliphatic heterocycles. The Balaban J connectivity index is 0.00000131. The number of fused-ring (bicyclic) bond motifs is 1. The lowest BCUT2D eigenvalue weighted by Crippen LogP contribution is -2.61. The lowest BCUT2D eigenvalue weighted by molar-refractivity contribution is -0.135. The van der Waals surface area contributed by atoms with Gasteiger partial charge in [-0.25, -0.2) is 0 Å². The van der Waals surface area contributed by atoms with E-state index in [4.69, 9.17) is 4.74 Å². The molecule has 1 saturated carbocycles. The largest absolute Gasteiger partial charge is 0.381 e. The van der Waals surface area contributed by atoms with Crippen molar-refractivity contribution in [3.63, 3.8) is 0 Å². The Morgan fingerprint density at radius 3 is 2.52 bits per heavy atom. The third-order valence-electron chi connectivity index (χ3n) is 7.52. The second-order valence-corrected chi connectivity index (χ2v) is 8.80. The first kappa shape index (κ1) is 23.2. The number of piperidine rings is 1. The first-order chi connectivity index (χ1) is 12.3. The summed E-state index contributed by atoms with van der Waals surface area (Å²) in [4.78, 5) is 15.9. The molecule has 5 nitrogen and oxygen atoms in total. The smallest absolute Gasteiger partial charge is 0.227 e. The molecule has 2 N–H and O–H groups in total. The Hall–Kier alpha value is -0.0700. The zero-order chi connectivity index (χ0) is 17.2. The number of carbonyl (C=O) groups excluding carboxylic acids is 1. The summed E-state index contributed by atoms with van der Waals surface area (Å²) in [7, 11) is 0. The van der Waals surface area contributed by atoms with Gasteiger partial charge in [0.2, 0.25) is 5.91 Å². The molecule has 27 heavy (non-hydrogen) atoms. The molecule has 4 rings (SSSR count). The van der Waals surface area contributed by atoms with E-state index in [0.717, 1.165) is 52.1 Å². The summed E-state index contributed by atoms with van der Waals surface area (Å²) in [5, 5.41) is 6.95. The molecule has 4 fully saturated rings. The molecule has 0 aromatic heterocycles. The molecule has 7 heteroatoms. The summed E-state index contributed by atoms with van der Waals surface area (Å²) in [6.45, 7) is 6.76. The Bertz CT molecular complexity index is 482. The first-order valence-electron chi connectivity index (χ1n) is 10.6. The molecule has 158 valence electrons. The van der Waals surface area contributed by atoms with E-state index in [2.05, 4.69) is 15.5 Å². The van der Waals surface area contributed by atoms with Crippen molar-refractivity contribution in [2.24, 2.45) is 11.3 Å². The highest BCUT2D eigenvalue weighted by atomic mass is 35.5. The highest BCUT2D eigenvalue weighted by Crippen LogP contribution is 2.44. The van der Waals surface area contributed by atoms with Crippen LogP contribution in [0.3, 0.4) is 0 Å². The van der Waals surface area contributed by atoms with E-state index in [1.165, 1.54) is 51.6 Å². The fourth-order valence-electron chi connectivity index (χ4n) is 5.84. The number of nitrogens with one attached hydrogen (secondary N) is 2. The number of carbonyl (C=O) groups is 1. The molecule has 3 saturated heterocycles. The van der Waals surface area contributed by atoms with Crippen LogP contribution in [0.2, 0.25) is 0 Å². The quantitative estimate of drug-likeness (QED) is 0.732. The van der Waals surface area contributed by atoms with Crippen LogP contribution >= 0.6 is 24.8 Å². The highest BCUT2D eigenvalue weighted by Gasteiger charge is 2.50. The predicted molar refractivity (Wildman–Crippen MR) is 113 cm³/mol. The van der Waals surface area contributed by atoms with Gasteiger partial charge in [-0.1, -0.05) is 19.3 Å². The number of halogens is 2. The number of hydrogen-bond donors (Lipinski definition) is 2. The van der Waals surface area contributed by atoms with Gasteiger partial charge in [0, 0.05) is 31.8 Å². The van der Waals surface area contributed by atoms with Crippen LogP contribution in [-0.2, 0) is 9.53 Å². The third-order valence-corrected chi connectivity index (χ3v) is 7.52. The lowest BCUT2D eigenvalue weighted by Gasteiger charge is -2.48. The van der Waals surface area contributed by atoms with Crippen LogP contribution in [0, 0.1) is 11.3 Å². The molecule has 0 spiro atoms. The van der Waals surface area contributed by atoms with Gasteiger partial charge in [0.25, 0.3) is 0 Å². The van der Waals surface area contributed by atoms with Crippen molar-refractivity contribution in [3.8, 4) is 0 Å². The van der Waals surface area contributed by atoms with Gasteiger partial charge in [0.15, 0.2) is 0 Å². The maximum absolute atomic E-state index is 13.3. The summed E-state index contributed by atoms with van der Waals surface area (Å²) in [6.07, 6.45) is 10.8.